The highest BCUT2D eigenvalue weighted by molar-refractivity contribution is 5.94. The summed E-state index contributed by atoms with van der Waals surface area (Å²) < 4.78 is 10.8. The number of amides is 1. The van der Waals surface area contributed by atoms with Gasteiger partial charge in [0.25, 0.3) is 5.91 Å². The first-order valence-corrected chi connectivity index (χ1v) is 9.18. The number of methoxy groups -OCH3 is 1. The number of benzene rings is 1. The highest BCUT2D eigenvalue weighted by Gasteiger charge is 2.13. The molecule has 2 rings (SSSR count). The van der Waals surface area contributed by atoms with E-state index in [-0.39, 0.29) is 5.91 Å². The van der Waals surface area contributed by atoms with Crippen molar-refractivity contribution in [3.8, 4) is 11.5 Å². The lowest BCUT2D eigenvalue weighted by Gasteiger charge is -2.16. The summed E-state index contributed by atoms with van der Waals surface area (Å²) in [5.74, 6) is 1.05. The van der Waals surface area contributed by atoms with E-state index in [1.807, 2.05) is 0 Å². The number of ether oxygens (including phenoxy) is 2. The predicted octanol–water partition coefficient (Wildman–Crippen LogP) is 3.30. The first-order chi connectivity index (χ1) is 12.2. The normalized spacial score (nSPS) is 15.2. The molecule has 1 saturated carbocycles. The third-order valence-electron chi connectivity index (χ3n) is 4.48. The van der Waals surface area contributed by atoms with Crippen LogP contribution < -0.4 is 20.1 Å². The van der Waals surface area contributed by atoms with Crippen molar-refractivity contribution in [2.75, 3.05) is 26.8 Å². The van der Waals surface area contributed by atoms with Crippen molar-refractivity contribution in [2.24, 2.45) is 0 Å². The molecule has 1 aliphatic rings. The van der Waals surface area contributed by atoms with Crippen molar-refractivity contribution >= 4 is 5.91 Å². The Morgan fingerprint density at radius 3 is 2.64 bits per heavy atom. The summed E-state index contributed by atoms with van der Waals surface area (Å²) in [6, 6.07) is 5.79. The van der Waals surface area contributed by atoms with Crippen LogP contribution in [0.4, 0.5) is 0 Å². The largest absolute Gasteiger partial charge is 0.493 e. The van der Waals surface area contributed by atoms with Crippen LogP contribution in [0.2, 0.25) is 0 Å². The van der Waals surface area contributed by atoms with Crippen LogP contribution in [0, 0.1) is 0 Å². The van der Waals surface area contributed by atoms with Crippen LogP contribution in [0.3, 0.4) is 0 Å². The number of carbonyl (C=O) groups is 1. The number of nitrogens with one attached hydrogen (secondary N) is 2. The van der Waals surface area contributed by atoms with E-state index >= 15 is 0 Å². The first-order valence-electron chi connectivity index (χ1n) is 9.18. The Morgan fingerprint density at radius 2 is 1.96 bits per heavy atom. The Labute approximate surface area is 150 Å². The minimum absolute atomic E-state index is 0.101. The van der Waals surface area contributed by atoms with Gasteiger partial charge in [0.2, 0.25) is 0 Å². The third kappa shape index (κ3) is 6.42. The lowest BCUT2D eigenvalue weighted by atomic mass is 10.1. The van der Waals surface area contributed by atoms with Crippen molar-refractivity contribution in [3.63, 3.8) is 0 Å². The van der Waals surface area contributed by atoms with Gasteiger partial charge in [0.05, 0.1) is 7.11 Å². The Hall–Kier alpha value is -2.01. The van der Waals surface area contributed by atoms with Crippen molar-refractivity contribution in [1.29, 1.82) is 0 Å². The second kappa shape index (κ2) is 10.8. The van der Waals surface area contributed by atoms with Gasteiger partial charge in [0.15, 0.2) is 11.5 Å². The van der Waals surface area contributed by atoms with Gasteiger partial charge in [-0.15, -0.1) is 0 Å². The molecule has 5 heteroatoms. The van der Waals surface area contributed by atoms with E-state index in [1.54, 1.807) is 31.4 Å². The molecule has 1 fully saturated rings. The molecule has 1 amide bonds. The summed E-state index contributed by atoms with van der Waals surface area (Å²) >= 11 is 0. The average molecular weight is 346 g/mol. The topological polar surface area (TPSA) is 59.6 Å². The van der Waals surface area contributed by atoms with Crippen LogP contribution in [-0.2, 0) is 0 Å². The van der Waals surface area contributed by atoms with Crippen molar-refractivity contribution < 1.29 is 14.3 Å². The van der Waals surface area contributed by atoms with Crippen LogP contribution in [-0.4, -0.2) is 38.8 Å². The molecule has 0 unspecified atom stereocenters. The van der Waals surface area contributed by atoms with E-state index in [0.29, 0.717) is 36.3 Å². The van der Waals surface area contributed by atoms with Gasteiger partial charge in [-0.25, -0.2) is 0 Å². The fourth-order valence-electron chi connectivity index (χ4n) is 3.11. The molecular weight excluding hydrogens is 316 g/mol. The van der Waals surface area contributed by atoms with E-state index in [2.05, 4.69) is 17.2 Å². The molecule has 0 heterocycles. The molecule has 0 aromatic heterocycles. The van der Waals surface area contributed by atoms with Gasteiger partial charge in [-0.2, -0.15) is 0 Å². The lowest BCUT2D eigenvalue weighted by molar-refractivity contribution is 0.0953. The summed E-state index contributed by atoms with van der Waals surface area (Å²) in [7, 11) is 1.56. The van der Waals surface area contributed by atoms with Gasteiger partial charge in [0.1, 0.15) is 6.61 Å². The molecular formula is C20H30N2O3. The van der Waals surface area contributed by atoms with Gasteiger partial charge < -0.3 is 20.1 Å². The van der Waals surface area contributed by atoms with E-state index in [4.69, 9.17) is 9.47 Å². The quantitative estimate of drug-likeness (QED) is 0.409. The van der Waals surface area contributed by atoms with Gasteiger partial charge in [-0.1, -0.05) is 38.3 Å². The summed E-state index contributed by atoms with van der Waals surface area (Å²) in [4.78, 5) is 12.3. The van der Waals surface area contributed by atoms with Crippen LogP contribution in [0.1, 0.15) is 48.9 Å². The Bertz CT molecular complexity index is 552. The first kappa shape index (κ1) is 19.3. The van der Waals surface area contributed by atoms with E-state index in [9.17, 15) is 4.79 Å². The summed E-state index contributed by atoms with van der Waals surface area (Å²) in [6.45, 7) is 5.44. The van der Waals surface area contributed by atoms with Crippen LogP contribution in [0.15, 0.2) is 30.9 Å². The van der Waals surface area contributed by atoms with Crippen molar-refractivity contribution in [2.45, 2.75) is 44.6 Å². The second-order valence-electron chi connectivity index (χ2n) is 6.36. The minimum Gasteiger partial charge on any atom is -0.493 e. The molecule has 1 aliphatic carbocycles. The Balaban J connectivity index is 1.78. The van der Waals surface area contributed by atoms with Gasteiger partial charge >= 0.3 is 0 Å². The molecule has 0 bridgehead atoms. The fourth-order valence-corrected chi connectivity index (χ4v) is 3.11. The molecule has 138 valence electrons. The highest BCUT2D eigenvalue weighted by atomic mass is 16.5. The maximum atomic E-state index is 12.3. The standard InChI is InChI=1S/C20H30N2O3/c1-3-14-25-18-11-10-16(15-19(18)24-2)20(23)22-13-12-21-17-8-6-4-5-7-9-17/h3,10-11,15,17,21H,1,4-9,12-14H2,2H3,(H,22,23). The summed E-state index contributed by atoms with van der Waals surface area (Å²) in [5.41, 5.74) is 0.567. The SMILES string of the molecule is C=CCOc1ccc(C(=O)NCCNC2CCCCCC2)cc1OC. The Morgan fingerprint density at radius 1 is 1.20 bits per heavy atom. The number of hydrogen-bond acceptors (Lipinski definition) is 4. The second-order valence-corrected chi connectivity index (χ2v) is 6.36. The molecule has 1 aromatic carbocycles. The molecule has 25 heavy (non-hydrogen) atoms. The highest BCUT2D eigenvalue weighted by Crippen LogP contribution is 2.28. The van der Waals surface area contributed by atoms with Crippen molar-refractivity contribution in [1.82, 2.24) is 10.6 Å². The number of rotatable bonds is 9. The smallest absolute Gasteiger partial charge is 0.251 e. The van der Waals surface area contributed by atoms with Gasteiger partial charge in [-0.05, 0) is 31.0 Å². The van der Waals surface area contributed by atoms with Crippen molar-refractivity contribution in [3.05, 3.63) is 36.4 Å². The maximum absolute atomic E-state index is 12.3. The average Bonchev–Trinajstić information content (AvgIpc) is 2.92. The van der Waals surface area contributed by atoms with E-state index in [0.717, 1.165) is 6.54 Å². The van der Waals surface area contributed by atoms with Crippen LogP contribution >= 0.6 is 0 Å². The van der Waals surface area contributed by atoms with E-state index < -0.39 is 0 Å². The number of hydrogen-bond donors (Lipinski definition) is 2. The predicted molar refractivity (Wildman–Crippen MR) is 101 cm³/mol. The molecule has 0 saturated heterocycles. The van der Waals surface area contributed by atoms with E-state index in [1.165, 1.54) is 38.5 Å². The number of carbonyl (C=O) groups excluding carboxylic acids is 1. The molecule has 2 N–H and O–H groups in total. The third-order valence-corrected chi connectivity index (χ3v) is 4.48. The van der Waals surface area contributed by atoms with Gasteiger partial charge in [0, 0.05) is 24.7 Å². The Kier molecular flexibility index (Phi) is 8.32. The summed E-state index contributed by atoms with van der Waals surface area (Å²) in [5, 5.41) is 6.51. The minimum atomic E-state index is -0.101. The molecule has 0 spiro atoms. The summed E-state index contributed by atoms with van der Waals surface area (Å²) in [6.07, 6.45) is 9.48. The molecule has 0 radical (unpaired) electrons. The molecule has 1 aromatic rings. The molecule has 5 nitrogen and oxygen atoms in total. The van der Waals surface area contributed by atoms with Crippen LogP contribution in [0.5, 0.6) is 11.5 Å². The molecule has 0 aliphatic heterocycles. The monoisotopic (exact) mass is 346 g/mol. The lowest BCUT2D eigenvalue weighted by Crippen LogP contribution is -2.36. The zero-order chi connectivity index (χ0) is 17.9. The molecule has 0 atom stereocenters. The van der Waals surface area contributed by atoms with Crippen LogP contribution in [0.25, 0.3) is 0 Å². The van der Waals surface area contributed by atoms with Gasteiger partial charge in [-0.3, -0.25) is 4.79 Å². The fraction of sp³-hybridized carbons (Fsp3) is 0.550. The zero-order valence-electron chi connectivity index (χ0n) is 15.2. The maximum Gasteiger partial charge on any atom is 0.251 e. The zero-order valence-corrected chi connectivity index (χ0v) is 15.2.